The number of hydrogen-bond donors (Lipinski definition) is 1. The van der Waals surface area contributed by atoms with Gasteiger partial charge in [-0.15, -0.1) is 0 Å². The average Bonchev–Trinajstić information content (AvgIpc) is 3.16. The molecule has 0 unspecified atom stereocenters. The molecule has 0 aromatic heterocycles. The van der Waals surface area contributed by atoms with Crippen LogP contribution in [0.1, 0.15) is 65.2 Å². The number of ketones is 1. The highest BCUT2D eigenvalue weighted by molar-refractivity contribution is 5.87. The molecule has 138 valence electrons. The molecule has 0 amide bonds. The maximum Gasteiger partial charge on any atom is 0.172 e. The number of carbonyl (C=O) groups is 1. The summed E-state index contributed by atoms with van der Waals surface area (Å²) in [5, 5.41) is 12.0. The summed E-state index contributed by atoms with van der Waals surface area (Å²) in [6, 6.07) is 0. The van der Waals surface area contributed by atoms with Crippen LogP contribution in [0.15, 0.2) is 11.6 Å². The third-order valence-electron chi connectivity index (χ3n) is 8.82. The van der Waals surface area contributed by atoms with E-state index in [0.29, 0.717) is 31.3 Å². The smallest absolute Gasteiger partial charge is 0.172 e. The van der Waals surface area contributed by atoms with Crippen molar-refractivity contribution in [1.29, 1.82) is 0 Å². The Bertz CT molecular complexity index is 648. The minimum Gasteiger partial charge on any atom is -0.389 e. The van der Waals surface area contributed by atoms with E-state index in [1.54, 1.807) is 0 Å². The molecule has 0 aromatic carbocycles. The van der Waals surface area contributed by atoms with E-state index in [1.807, 2.05) is 0 Å². The molecule has 1 N–H and O–H groups in total. The fourth-order valence-corrected chi connectivity index (χ4v) is 7.06. The quantitative estimate of drug-likeness (QED) is 0.683. The fraction of sp³-hybridized carbons (Fsp3) is 0.857. The maximum atomic E-state index is 12.5. The lowest BCUT2D eigenvalue weighted by Crippen LogP contribution is -2.63. The summed E-state index contributed by atoms with van der Waals surface area (Å²) < 4.78 is 11.9. The number of allylic oxidation sites excluding steroid dienone is 1. The van der Waals surface area contributed by atoms with E-state index in [9.17, 15) is 9.90 Å². The van der Waals surface area contributed by atoms with Crippen LogP contribution in [0.5, 0.6) is 0 Å². The van der Waals surface area contributed by atoms with Gasteiger partial charge in [0.1, 0.15) is 5.78 Å². The second kappa shape index (κ2) is 4.96. The summed E-state index contributed by atoms with van der Waals surface area (Å²) in [6.07, 6.45) is 9.05. The third-order valence-corrected chi connectivity index (χ3v) is 8.82. The van der Waals surface area contributed by atoms with Gasteiger partial charge in [-0.1, -0.05) is 25.5 Å². The van der Waals surface area contributed by atoms with E-state index in [1.165, 1.54) is 5.57 Å². The predicted octanol–water partition coefficient (Wildman–Crippen LogP) is 3.38. The number of rotatable bonds is 0. The molecule has 0 radical (unpaired) electrons. The summed E-state index contributed by atoms with van der Waals surface area (Å²) in [5.74, 6) is 0.533. The second-order valence-electron chi connectivity index (χ2n) is 9.60. The Balaban J connectivity index is 1.52. The standard InChI is InChI=1S/C21H30O4/c1-18-7-10-21(23)16(15(18)5-6-17(18)22)4-3-14-13-20(24-11-12-25-20)9-8-19(14,21)2/h3,15-16,23H,4-13H2,1-2H3/t15-,16-,18-,19-,21+/m0/s1. The fourth-order valence-electron chi connectivity index (χ4n) is 7.06. The minimum atomic E-state index is -0.688. The van der Waals surface area contributed by atoms with E-state index in [-0.39, 0.29) is 16.7 Å². The SMILES string of the molecule is C[C@]12CCC3(CC1=CC[C@H]1[C@@H]4CCC(=O)[C@@]4(C)CC[C@@]12O)OCCO3. The number of aliphatic hydroxyl groups is 1. The van der Waals surface area contributed by atoms with Crippen molar-refractivity contribution in [3.8, 4) is 0 Å². The molecule has 0 bridgehead atoms. The van der Waals surface area contributed by atoms with Crippen molar-refractivity contribution in [3.63, 3.8) is 0 Å². The zero-order chi connectivity index (χ0) is 17.5. The first-order chi connectivity index (χ1) is 11.8. The predicted molar refractivity (Wildman–Crippen MR) is 92.8 cm³/mol. The van der Waals surface area contributed by atoms with Gasteiger partial charge in [-0.05, 0) is 43.9 Å². The number of ether oxygens (including phenoxy) is 2. The van der Waals surface area contributed by atoms with Gasteiger partial charge in [0.2, 0.25) is 0 Å². The van der Waals surface area contributed by atoms with Crippen LogP contribution in [-0.2, 0) is 14.3 Å². The molecular formula is C21H30O4. The van der Waals surface area contributed by atoms with Crippen molar-refractivity contribution in [2.24, 2.45) is 22.7 Å². The molecule has 1 saturated heterocycles. The van der Waals surface area contributed by atoms with Gasteiger partial charge >= 0.3 is 0 Å². The van der Waals surface area contributed by atoms with E-state index in [2.05, 4.69) is 19.9 Å². The Morgan fingerprint density at radius 2 is 1.84 bits per heavy atom. The van der Waals surface area contributed by atoms with Crippen molar-refractivity contribution < 1.29 is 19.4 Å². The lowest BCUT2D eigenvalue weighted by Gasteiger charge is -2.62. The summed E-state index contributed by atoms with van der Waals surface area (Å²) in [4.78, 5) is 12.5. The Morgan fingerprint density at radius 1 is 1.08 bits per heavy atom. The van der Waals surface area contributed by atoms with Crippen LogP contribution in [0, 0.1) is 22.7 Å². The van der Waals surface area contributed by atoms with E-state index >= 15 is 0 Å². The Kier molecular flexibility index (Phi) is 3.27. The van der Waals surface area contributed by atoms with E-state index in [0.717, 1.165) is 44.9 Å². The summed E-state index contributed by atoms with van der Waals surface area (Å²) in [7, 11) is 0. The van der Waals surface area contributed by atoms with Crippen LogP contribution in [0.4, 0.5) is 0 Å². The first-order valence-electron chi connectivity index (χ1n) is 10.1. The third kappa shape index (κ3) is 1.91. The summed E-state index contributed by atoms with van der Waals surface area (Å²) in [5.41, 5.74) is 0.231. The number of fused-ring (bicyclic) bond motifs is 5. The Labute approximate surface area is 150 Å². The number of hydrogen-bond acceptors (Lipinski definition) is 4. The highest BCUT2D eigenvalue weighted by atomic mass is 16.7. The summed E-state index contributed by atoms with van der Waals surface area (Å²) >= 11 is 0. The Morgan fingerprint density at radius 3 is 2.60 bits per heavy atom. The highest BCUT2D eigenvalue weighted by Crippen LogP contribution is 2.66. The van der Waals surface area contributed by atoms with Crippen molar-refractivity contribution in [1.82, 2.24) is 0 Å². The van der Waals surface area contributed by atoms with Crippen LogP contribution in [0.25, 0.3) is 0 Å². The van der Waals surface area contributed by atoms with Crippen LogP contribution in [0.3, 0.4) is 0 Å². The van der Waals surface area contributed by atoms with Gasteiger partial charge in [0, 0.05) is 30.1 Å². The van der Waals surface area contributed by atoms with Gasteiger partial charge in [-0.2, -0.15) is 0 Å². The number of carbonyl (C=O) groups excluding carboxylic acids is 1. The van der Waals surface area contributed by atoms with Crippen molar-refractivity contribution in [3.05, 3.63) is 11.6 Å². The van der Waals surface area contributed by atoms with Gasteiger partial charge in [-0.25, -0.2) is 0 Å². The average molecular weight is 346 g/mol. The summed E-state index contributed by atoms with van der Waals surface area (Å²) in [6.45, 7) is 5.77. The molecule has 4 heteroatoms. The van der Waals surface area contributed by atoms with Crippen molar-refractivity contribution in [2.75, 3.05) is 13.2 Å². The van der Waals surface area contributed by atoms with Crippen LogP contribution in [-0.4, -0.2) is 35.5 Å². The zero-order valence-corrected chi connectivity index (χ0v) is 15.5. The maximum absolute atomic E-state index is 12.5. The molecule has 1 spiro atoms. The molecule has 0 aromatic rings. The molecule has 5 rings (SSSR count). The molecule has 5 atom stereocenters. The molecule has 4 fully saturated rings. The second-order valence-corrected chi connectivity index (χ2v) is 9.60. The highest BCUT2D eigenvalue weighted by Gasteiger charge is 2.66. The molecule has 1 heterocycles. The lowest BCUT2D eigenvalue weighted by molar-refractivity contribution is -0.219. The van der Waals surface area contributed by atoms with E-state index in [4.69, 9.17) is 9.47 Å². The molecule has 4 nitrogen and oxygen atoms in total. The van der Waals surface area contributed by atoms with Gasteiger partial charge in [-0.3, -0.25) is 4.79 Å². The molecule has 4 aliphatic carbocycles. The van der Waals surface area contributed by atoms with Gasteiger partial charge in [0.05, 0.1) is 18.8 Å². The monoisotopic (exact) mass is 346 g/mol. The van der Waals surface area contributed by atoms with Crippen molar-refractivity contribution >= 4 is 5.78 Å². The molecular weight excluding hydrogens is 316 g/mol. The normalized spacial score (nSPS) is 51.0. The number of Topliss-reactive ketones (excluding diaryl/α,β-unsaturated/α-hetero) is 1. The van der Waals surface area contributed by atoms with Gasteiger partial charge in [0.15, 0.2) is 5.79 Å². The van der Waals surface area contributed by atoms with Crippen LogP contribution >= 0.6 is 0 Å². The van der Waals surface area contributed by atoms with Crippen LogP contribution in [0.2, 0.25) is 0 Å². The van der Waals surface area contributed by atoms with Gasteiger partial charge in [0.25, 0.3) is 0 Å². The first-order valence-corrected chi connectivity index (χ1v) is 10.1. The largest absolute Gasteiger partial charge is 0.389 e. The van der Waals surface area contributed by atoms with Gasteiger partial charge < -0.3 is 14.6 Å². The lowest BCUT2D eigenvalue weighted by atomic mass is 9.45. The van der Waals surface area contributed by atoms with Crippen LogP contribution < -0.4 is 0 Å². The van der Waals surface area contributed by atoms with E-state index < -0.39 is 11.4 Å². The Hall–Kier alpha value is -0.710. The topological polar surface area (TPSA) is 55.8 Å². The molecule has 1 aliphatic heterocycles. The first kappa shape index (κ1) is 16.5. The zero-order valence-electron chi connectivity index (χ0n) is 15.5. The van der Waals surface area contributed by atoms with Crippen molar-refractivity contribution in [2.45, 2.75) is 76.6 Å². The molecule has 5 aliphatic rings. The molecule has 25 heavy (non-hydrogen) atoms. The molecule has 3 saturated carbocycles. The minimum absolute atomic E-state index is 0.202.